The maximum Gasteiger partial charge on any atom is 0.387 e. The van der Waals surface area contributed by atoms with Crippen molar-refractivity contribution in [2.45, 2.75) is 30.7 Å². The first kappa shape index (κ1) is 20.7. The minimum absolute atomic E-state index is 0.00869. The van der Waals surface area contributed by atoms with E-state index in [1.54, 1.807) is 0 Å². The van der Waals surface area contributed by atoms with E-state index in [1.807, 2.05) is 0 Å². The van der Waals surface area contributed by atoms with E-state index in [0.29, 0.717) is 0 Å². The predicted molar refractivity (Wildman–Crippen MR) is 89.2 cm³/mol. The number of para-hydroxylation sites is 1. The van der Waals surface area contributed by atoms with Crippen molar-refractivity contribution in [2.75, 3.05) is 5.75 Å². The molecule has 0 heterocycles. The molecule has 1 aliphatic carbocycles. The third-order valence-electron chi connectivity index (χ3n) is 4.05. The highest BCUT2D eigenvalue weighted by molar-refractivity contribution is 7.90. The Hall–Kier alpha value is -2.56. The number of halogens is 2. The van der Waals surface area contributed by atoms with Gasteiger partial charge in [-0.1, -0.05) is 18.2 Å². The highest BCUT2D eigenvalue weighted by Crippen LogP contribution is 2.28. The lowest BCUT2D eigenvalue weighted by Gasteiger charge is -2.37. The van der Waals surface area contributed by atoms with Crippen LogP contribution in [0.25, 0.3) is 0 Å². The summed E-state index contributed by atoms with van der Waals surface area (Å²) in [5.41, 5.74) is 3.34. The number of carbonyl (C=O) groups excluding carboxylic acids is 3. The SMILES string of the molecule is NC(=O)C1(NC(=O)[CH]CS(=O)(=O)Cc2ccccc2OC(F)F)CCC1=O. The first-order valence-corrected chi connectivity index (χ1v) is 9.59. The number of amides is 2. The van der Waals surface area contributed by atoms with Crippen LogP contribution in [0.15, 0.2) is 24.3 Å². The number of Topliss-reactive ketones (excluding diaryl/α,β-unsaturated/α-hetero) is 1. The van der Waals surface area contributed by atoms with Crippen LogP contribution < -0.4 is 15.8 Å². The van der Waals surface area contributed by atoms with Gasteiger partial charge in [-0.05, 0) is 12.5 Å². The number of ether oxygens (including phenoxy) is 1. The van der Waals surface area contributed by atoms with Gasteiger partial charge in [0, 0.05) is 12.0 Å². The number of carbonyl (C=O) groups is 3. The second kappa shape index (κ2) is 7.99. The van der Waals surface area contributed by atoms with Crippen LogP contribution >= 0.6 is 0 Å². The van der Waals surface area contributed by atoms with E-state index >= 15 is 0 Å². The van der Waals surface area contributed by atoms with Gasteiger partial charge in [0.1, 0.15) is 5.75 Å². The molecule has 2 rings (SSSR count). The summed E-state index contributed by atoms with van der Waals surface area (Å²) in [4.78, 5) is 34.9. The molecule has 1 fully saturated rings. The fourth-order valence-electron chi connectivity index (χ4n) is 2.53. The number of nitrogens with two attached hydrogens (primary N) is 1. The Balaban J connectivity index is 1.98. The van der Waals surface area contributed by atoms with E-state index in [4.69, 9.17) is 5.73 Å². The summed E-state index contributed by atoms with van der Waals surface area (Å²) < 4.78 is 53.4. The molecule has 8 nitrogen and oxygen atoms in total. The average molecular weight is 403 g/mol. The number of primary amides is 1. The summed E-state index contributed by atoms with van der Waals surface area (Å²) in [6, 6.07) is 5.38. The summed E-state index contributed by atoms with van der Waals surface area (Å²) in [5, 5.41) is 2.15. The first-order valence-electron chi connectivity index (χ1n) is 7.77. The lowest BCUT2D eigenvalue weighted by molar-refractivity contribution is -0.146. The van der Waals surface area contributed by atoms with Gasteiger partial charge in [0.2, 0.25) is 5.91 Å². The molecule has 1 aromatic carbocycles. The smallest absolute Gasteiger partial charge is 0.387 e. The average Bonchev–Trinajstić information content (AvgIpc) is 2.57. The second-order valence-electron chi connectivity index (χ2n) is 5.93. The maximum absolute atomic E-state index is 12.4. The Kier molecular flexibility index (Phi) is 6.14. The van der Waals surface area contributed by atoms with Gasteiger partial charge in [-0.2, -0.15) is 8.78 Å². The minimum Gasteiger partial charge on any atom is -0.435 e. The van der Waals surface area contributed by atoms with Crippen LogP contribution in [0.4, 0.5) is 8.78 Å². The molecule has 1 aliphatic rings. The molecular formula is C16H17F2N2O6S. The van der Waals surface area contributed by atoms with Gasteiger partial charge in [-0.15, -0.1) is 0 Å². The standard InChI is InChI=1S/C16H17F2N2O6S/c17-15(18)26-11-4-2-1-3-10(11)9-27(24,25)8-6-13(22)20-16(14(19)23)7-5-12(16)21/h1-4,6,15H,5,7-9H2,(H2,19,23)(H,20,22). The van der Waals surface area contributed by atoms with Crippen molar-refractivity contribution < 1.29 is 36.3 Å². The van der Waals surface area contributed by atoms with Crippen molar-refractivity contribution in [2.24, 2.45) is 5.73 Å². The lowest BCUT2D eigenvalue weighted by Crippen LogP contribution is -2.68. The molecule has 0 spiro atoms. The van der Waals surface area contributed by atoms with Crippen molar-refractivity contribution in [1.82, 2.24) is 5.32 Å². The van der Waals surface area contributed by atoms with Crippen molar-refractivity contribution in [3.63, 3.8) is 0 Å². The molecular weight excluding hydrogens is 386 g/mol. The highest BCUT2D eigenvalue weighted by Gasteiger charge is 2.52. The van der Waals surface area contributed by atoms with Crippen LogP contribution in [0.1, 0.15) is 18.4 Å². The molecule has 2 amide bonds. The fraction of sp³-hybridized carbons (Fsp3) is 0.375. The third-order valence-corrected chi connectivity index (χ3v) is 5.47. The summed E-state index contributed by atoms with van der Waals surface area (Å²) in [5.74, 6) is -4.15. The van der Waals surface area contributed by atoms with Gasteiger partial charge < -0.3 is 15.8 Å². The Labute approximate surface area is 154 Å². The monoisotopic (exact) mass is 403 g/mol. The van der Waals surface area contributed by atoms with Crippen molar-refractivity contribution >= 4 is 27.4 Å². The van der Waals surface area contributed by atoms with Gasteiger partial charge in [0.25, 0.3) is 5.91 Å². The van der Waals surface area contributed by atoms with Gasteiger partial charge in [0.05, 0.1) is 17.9 Å². The Bertz CT molecular complexity index is 848. The highest BCUT2D eigenvalue weighted by atomic mass is 32.2. The zero-order valence-corrected chi connectivity index (χ0v) is 14.8. The van der Waals surface area contributed by atoms with Crippen LogP contribution in [0.3, 0.4) is 0 Å². The van der Waals surface area contributed by atoms with Crippen LogP contribution in [0.5, 0.6) is 5.75 Å². The Morgan fingerprint density at radius 1 is 1.33 bits per heavy atom. The molecule has 1 aromatic rings. The number of ketones is 1. The van der Waals surface area contributed by atoms with Gasteiger partial charge in [-0.3, -0.25) is 14.4 Å². The normalized spacial score (nSPS) is 19.4. The lowest BCUT2D eigenvalue weighted by atomic mass is 9.74. The third kappa shape index (κ3) is 5.00. The Morgan fingerprint density at radius 2 is 2.00 bits per heavy atom. The molecule has 1 saturated carbocycles. The molecule has 1 atom stereocenters. The van der Waals surface area contributed by atoms with E-state index in [0.717, 1.165) is 6.42 Å². The molecule has 1 unspecified atom stereocenters. The number of nitrogens with one attached hydrogen (secondary N) is 1. The molecule has 147 valence electrons. The van der Waals surface area contributed by atoms with Crippen LogP contribution in [-0.4, -0.2) is 43.9 Å². The minimum atomic E-state index is -3.91. The number of alkyl halides is 2. The summed E-state index contributed by atoms with van der Waals surface area (Å²) in [6.45, 7) is -3.11. The maximum atomic E-state index is 12.4. The van der Waals surface area contributed by atoms with Crippen LogP contribution in [-0.2, 0) is 30.0 Å². The zero-order valence-electron chi connectivity index (χ0n) is 14.0. The van der Waals surface area contributed by atoms with Gasteiger partial charge >= 0.3 is 6.61 Å². The van der Waals surface area contributed by atoms with E-state index in [-0.39, 0.29) is 24.2 Å². The largest absolute Gasteiger partial charge is 0.435 e. The Morgan fingerprint density at radius 3 is 2.52 bits per heavy atom. The second-order valence-corrected chi connectivity index (χ2v) is 8.04. The molecule has 1 radical (unpaired) electrons. The van der Waals surface area contributed by atoms with E-state index < -0.39 is 51.1 Å². The quantitative estimate of drug-likeness (QED) is 0.563. The van der Waals surface area contributed by atoms with Crippen molar-refractivity contribution in [3.05, 3.63) is 36.2 Å². The summed E-state index contributed by atoms with van der Waals surface area (Å²) in [6.07, 6.45) is 0.885. The molecule has 0 aliphatic heterocycles. The van der Waals surface area contributed by atoms with Crippen LogP contribution in [0, 0.1) is 6.42 Å². The molecule has 0 aromatic heterocycles. The van der Waals surface area contributed by atoms with E-state index in [1.165, 1.54) is 24.3 Å². The molecule has 0 bridgehead atoms. The molecule has 11 heteroatoms. The summed E-state index contributed by atoms with van der Waals surface area (Å²) >= 11 is 0. The summed E-state index contributed by atoms with van der Waals surface area (Å²) in [7, 11) is -3.91. The van der Waals surface area contributed by atoms with Gasteiger partial charge in [0.15, 0.2) is 21.2 Å². The van der Waals surface area contributed by atoms with Gasteiger partial charge in [-0.25, -0.2) is 8.42 Å². The number of benzene rings is 1. The number of rotatable bonds is 9. The molecule has 0 saturated heterocycles. The predicted octanol–water partition coefficient (Wildman–Crippen LogP) is 0.110. The fourth-order valence-corrected chi connectivity index (χ4v) is 3.76. The van der Waals surface area contributed by atoms with Crippen molar-refractivity contribution in [3.8, 4) is 5.75 Å². The number of hydrogen-bond donors (Lipinski definition) is 2. The van der Waals surface area contributed by atoms with Crippen molar-refractivity contribution in [1.29, 1.82) is 0 Å². The van der Waals surface area contributed by atoms with Crippen LogP contribution in [0.2, 0.25) is 0 Å². The number of hydrogen-bond acceptors (Lipinski definition) is 6. The zero-order chi connectivity index (χ0) is 20.2. The number of sulfone groups is 1. The first-order chi connectivity index (χ1) is 12.6. The topological polar surface area (TPSA) is 133 Å². The molecule has 3 N–H and O–H groups in total. The van der Waals surface area contributed by atoms with E-state index in [9.17, 15) is 31.6 Å². The molecule has 27 heavy (non-hydrogen) atoms. The van der Waals surface area contributed by atoms with E-state index in [2.05, 4.69) is 10.1 Å².